The first-order chi connectivity index (χ1) is 11.1. The Bertz CT molecular complexity index is 924. The quantitative estimate of drug-likeness (QED) is 0.657. The predicted molar refractivity (Wildman–Crippen MR) is 98.4 cm³/mol. The van der Waals surface area contributed by atoms with E-state index in [-0.39, 0.29) is 5.82 Å². The molecule has 0 fully saturated rings. The first-order valence-corrected chi connectivity index (χ1v) is 8.35. The van der Waals surface area contributed by atoms with Crippen LogP contribution in [0.15, 0.2) is 41.4 Å². The normalized spacial score (nSPS) is 10.4. The number of hydrogen-bond acceptors (Lipinski definition) is 6. The highest BCUT2D eigenvalue weighted by Gasteiger charge is 2.18. The number of benzene rings is 1. The van der Waals surface area contributed by atoms with E-state index in [1.807, 2.05) is 24.3 Å². The summed E-state index contributed by atoms with van der Waals surface area (Å²) < 4.78 is 1.81. The van der Waals surface area contributed by atoms with Gasteiger partial charge in [0.15, 0.2) is 10.8 Å². The first-order valence-electron chi connectivity index (χ1n) is 6.75. The third-order valence-electron chi connectivity index (χ3n) is 3.21. The van der Waals surface area contributed by atoms with E-state index >= 15 is 0 Å². The Balaban J connectivity index is 2.27. The van der Waals surface area contributed by atoms with E-state index in [4.69, 9.17) is 5.73 Å². The zero-order valence-electron chi connectivity index (χ0n) is 12.0. The fraction of sp³-hybridized carbons (Fsp3) is 0.0625. The van der Waals surface area contributed by atoms with E-state index < -0.39 is 0 Å². The number of nitrogens with two attached hydrogens (primary N) is 1. The van der Waals surface area contributed by atoms with Crippen molar-refractivity contribution < 1.29 is 0 Å². The summed E-state index contributed by atoms with van der Waals surface area (Å²) in [7, 11) is 0. The van der Waals surface area contributed by atoms with Crippen molar-refractivity contribution in [3.63, 3.8) is 0 Å². The van der Waals surface area contributed by atoms with Crippen LogP contribution in [0.5, 0.6) is 0 Å². The molecule has 0 saturated heterocycles. The van der Waals surface area contributed by atoms with Gasteiger partial charge < -0.3 is 11.1 Å². The number of nitrogens with zero attached hydrogens (tertiary/aromatic N) is 3. The van der Waals surface area contributed by atoms with Crippen molar-refractivity contribution in [2.75, 3.05) is 17.6 Å². The summed E-state index contributed by atoms with van der Waals surface area (Å²) in [6.45, 7) is 4.28. The molecule has 2 heterocycles. The van der Waals surface area contributed by atoms with Gasteiger partial charge in [-0.15, -0.1) is 6.58 Å². The van der Waals surface area contributed by atoms with E-state index in [0.717, 1.165) is 25.4 Å². The molecule has 0 spiro atoms. The molecule has 0 radical (unpaired) electrons. The van der Waals surface area contributed by atoms with Crippen LogP contribution in [-0.4, -0.2) is 16.5 Å². The summed E-state index contributed by atoms with van der Waals surface area (Å²) in [6.07, 6.45) is 1.75. The maximum absolute atomic E-state index is 9.50. The van der Waals surface area contributed by atoms with Gasteiger partial charge in [-0.2, -0.15) is 5.26 Å². The molecule has 2 aromatic heterocycles. The molecule has 0 bridgehead atoms. The van der Waals surface area contributed by atoms with Gasteiger partial charge in [0.1, 0.15) is 17.5 Å². The van der Waals surface area contributed by atoms with E-state index in [9.17, 15) is 5.26 Å². The number of rotatable bonds is 4. The van der Waals surface area contributed by atoms with E-state index in [1.165, 1.54) is 11.3 Å². The Labute approximate surface area is 145 Å². The number of halogens is 1. The lowest BCUT2D eigenvalue weighted by molar-refractivity contribution is 1.27. The van der Waals surface area contributed by atoms with Crippen molar-refractivity contribution >= 4 is 48.6 Å². The van der Waals surface area contributed by atoms with Gasteiger partial charge in [-0.05, 0) is 17.7 Å². The Hall–Kier alpha value is -2.43. The fourth-order valence-corrected chi connectivity index (χ4v) is 3.45. The summed E-state index contributed by atoms with van der Waals surface area (Å²) in [5.74, 6) is 0.193. The molecule has 0 aliphatic carbocycles. The second-order valence-corrected chi connectivity index (χ2v) is 6.62. The molecule has 0 amide bonds. The van der Waals surface area contributed by atoms with Gasteiger partial charge in [0.25, 0.3) is 0 Å². The fourth-order valence-electron chi connectivity index (χ4n) is 2.20. The van der Waals surface area contributed by atoms with Gasteiger partial charge >= 0.3 is 0 Å². The summed E-state index contributed by atoms with van der Waals surface area (Å²) in [6, 6.07) is 9.90. The second-order valence-electron chi connectivity index (χ2n) is 4.71. The average Bonchev–Trinajstić information content (AvgIpc) is 2.94. The molecule has 0 atom stereocenters. The van der Waals surface area contributed by atoms with Gasteiger partial charge in [-0.1, -0.05) is 45.5 Å². The van der Waals surface area contributed by atoms with Crippen LogP contribution in [-0.2, 0) is 0 Å². The van der Waals surface area contributed by atoms with Crippen molar-refractivity contribution in [1.29, 1.82) is 5.26 Å². The summed E-state index contributed by atoms with van der Waals surface area (Å²) in [5, 5.41) is 13.4. The van der Waals surface area contributed by atoms with Crippen LogP contribution < -0.4 is 11.1 Å². The zero-order valence-corrected chi connectivity index (χ0v) is 14.4. The molecular formula is C16H12BrN5S. The average molecular weight is 386 g/mol. The van der Waals surface area contributed by atoms with Crippen LogP contribution >= 0.6 is 27.3 Å². The predicted octanol–water partition coefficient (Wildman–Crippen LogP) is 4.17. The zero-order chi connectivity index (χ0) is 16.4. The SMILES string of the molecule is C=CCNc1nc2nc(N)c(C#N)c(-c3ccc(Br)cc3)c2s1. The summed E-state index contributed by atoms with van der Waals surface area (Å²) in [4.78, 5) is 8.70. The third kappa shape index (κ3) is 2.91. The van der Waals surface area contributed by atoms with Gasteiger partial charge in [-0.25, -0.2) is 9.97 Å². The van der Waals surface area contributed by atoms with Crippen molar-refractivity contribution in [3.8, 4) is 17.2 Å². The highest BCUT2D eigenvalue weighted by atomic mass is 79.9. The number of anilines is 2. The number of nitrogen functional groups attached to an aromatic ring is 1. The molecule has 3 N–H and O–H groups in total. The van der Waals surface area contributed by atoms with Crippen LogP contribution in [0.2, 0.25) is 0 Å². The molecule has 1 aromatic carbocycles. The lowest BCUT2D eigenvalue weighted by Crippen LogP contribution is -1.98. The van der Waals surface area contributed by atoms with Crippen molar-refractivity contribution in [2.24, 2.45) is 0 Å². The topological polar surface area (TPSA) is 87.6 Å². The number of fused-ring (bicyclic) bond motifs is 1. The third-order valence-corrected chi connectivity index (χ3v) is 4.76. The number of nitriles is 1. The smallest absolute Gasteiger partial charge is 0.185 e. The summed E-state index contributed by atoms with van der Waals surface area (Å²) >= 11 is 4.87. The monoisotopic (exact) mass is 385 g/mol. The van der Waals surface area contributed by atoms with Crippen LogP contribution in [0.3, 0.4) is 0 Å². The Morgan fingerprint density at radius 1 is 1.35 bits per heavy atom. The lowest BCUT2D eigenvalue weighted by Gasteiger charge is -2.07. The van der Waals surface area contributed by atoms with Crippen LogP contribution in [0.1, 0.15) is 5.56 Å². The maximum atomic E-state index is 9.50. The van der Waals surface area contributed by atoms with Gasteiger partial charge in [0.05, 0.1) is 4.70 Å². The molecule has 23 heavy (non-hydrogen) atoms. The van der Waals surface area contributed by atoms with E-state index in [1.54, 1.807) is 6.08 Å². The lowest BCUT2D eigenvalue weighted by atomic mass is 10.0. The van der Waals surface area contributed by atoms with Crippen LogP contribution in [0.4, 0.5) is 10.9 Å². The first kappa shape index (κ1) is 15.5. The number of aromatic nitrogens is 2. The van der Waals surface area contributed by atoms with E-state index in [2.05, 4.69) is 43.9 Å². The molecule has 0 saturated carbocycles. The summed E-state index contributed by atoms with van der Waals surface area (Å²) in [5.41, 5.74) is 8.55. The van der Waals surface area contributed by atoms with Crippen molar-refractivity contribution in [3.05, 3.63) is 47.0 Å². The van der Waals surface area contributed by atoms with Gasteiger partial charge in [-0.3, -0.25) is 0 Å². The number of nitrogens with one attached hydrogen (secondary N) is 1. The minimum Gasteiger partial charge on any atom is -0.383 e. The van der Waals surface area contributed by atoms with Gasteiger partial charge in [0, 0.05) is 16.6 Å². The number of hydrogen-bond donors (Lipinski definition) is 2. The van der Waals surface area contributed by atoms with Crippen LogP contribution in [0.25, 0.3) is 21.5 Å². The molecule has 3 rings (SSSR count). The molecule has 0 unspecified atom stereocenters. The molecule has 114 valence electrons. The minimum atomic E-state index is 0.193. The highest BCUT2D eigenvalue weighted by molar-refractivity contribution is 9.10. The van der Waals surface area contributed by atoms with Gasteiger partial charge in [0.2, 0.25) is 0 Å². The number of pyridine rings is 1. The molecule has 0 aliphatic heterocycles. The Kier molecular flexibility index (Phi) is 4.28. The Morgan fingerprint density at radius 3 is 2.74 bits per heavy atom. The van der Waals surface area contributed by atoms with Crippen LogP contribution in [0, 0.1) is 11.3 Å². The van der Waals surface area contributed by atoms with E-state index in [0.29, 0.717) is 17.8 Å². The molecule has 0 aliphatic rings. The molecule has 3 aromatic rings. The number of thiazole rings is 1. The highest BCUT2D eigenvalue weighted by Crippen LogP contribution is 2.38. The Morgan fingerprint density at radius 2 is 2.09 bits per heavy atom. The maximum Gasteiger partial charge on any atom is 0.185 e. The minimum absolute atomic E-state index is 0.193. The molecule has 5 nitrogen and oxygen atoms in total. The largest absolute Gasteiger partial charge is 0.383 e. The second kappa shape index (κ2) is 6.36. The molecule has 7 heteroatoms. The standard InChI is InChI=1S/C16H12BrN5S/c1-2-7-20-16-22-15-13(23-16)12(11(8-18)14(19)21-15)9-3-5-10(17)6-4-9/h2-6H,1,7H2,(H3,19,20,21,22). The molecular weight excluding hydrogens is 374 g/mol. The van der Waals surface area contributed by atoms with Crippen molar-refractivity contribution in [2.45, 2.75) is 0 Å². The van der Waals surface area contributed by atoms with Crippen molar-refractivity contribution in [1.82, 2.24) is 9.97 Å².